The summed E-state index contributed by atoms with van der Waals surface area (Å²) in [6, 6.07) is 20.2. The first-order valence-electron chi connectivity index (χ1n) is 9.70. The summed E-state index contributed by atoms with van der Waals surface area (Å²) in [7, 11) is 0. The van der Waals surface area contributed by atoms with Crippen molar-refractivity contribution in [3.63, 3.8) is 0 Å². The molecule has 0 aliphatic carbocycles. The van der Waals surface area contributed by atoms with Crippen molar-refractivity contribution < 1.29 is 9.53 Å². The summed E-state index contributed by atoms with van der Waals surface area (Å²) in [6.45, 7) is 3.18. The largest absolute Gasteiger partial charge is 0.491 e. The van der Waals surface area contributed by atoms with E-state index in [2.05, 4.69) is 28.6 Å². The highest BCUT2D eigenvalue weighted by Gasteiger charge is 2.23. The molecule has 0 saturated heterocycles. The molecule has 2 aromatic heterocycles. The molecule has 0 radical (unpaired) electrons. The van der Waals surface area contributed by atoms with E-state index in [1.807, 2.05) is 54.1 Å². The van der Waals surface area contributed by atoms with Gasteiger partial charge in [-0.3, -0.25) is 9.48 Å². The summed E-state index contributed by atoms with van der Waals surface area (Å²) in [4.78, 5) is 14.6. The van der Waals surface area contributed by atoms with Gasteiger partial charge in [-0.05, 0) is 36.6 Å². The first kappa shape index (κ1) is 17.9. The lowest BCUT2D eigenvalue weighted by Crippen LogP contribution is -2.42. The summed E-state index contributed by atoms with van der Waals surface area (Å²) in [5, 5.41) is 8.84. The molecule has 5 rings (SSSR count). The fourth-order valence-electron chi connectivity index (χ4n) is 3.77. The van der Waals surface area contributed by atoms with Crippen LogP contribution in [0.25, 0.3) is 10.2 Å². The molecule has 29 heavy (non-hydrogen) atoms. The number of para-hydroxylation sites is 1. The zero-order valence-corrected chi connectivity index (χ0v) is 16.9. The number of hydrogen-bond acceptors (Lipinski definition) is 4. The summed E-state index contributed by atoms with van der Waals surface area (Å²) < 4.78 is 7.78. The predicted molar refractivity (Wildman–Crippen MR) is 115 cm³/mol. The Balaban J connectivity index is 1.35. The van der Waals surface area contributed by atoms with E-state index in [-0.39, 0.29) is 11.9 Å². The molecule has 6 heteroatoms. The number of ether oxygens (including phenoxy) is 1. The second kappa shape index (κ2) is 7.37. The lowest BCUT2D eigenvalue weighted by molar-refractivity contribution is 0.0919. The minimum Gasteiger partial charge on any atom is -0.491 e. The van der Waals surface area contributed by atoms with Crippen molar-refractivity contribution in [2.24, 2.45) is 0 Å². The standard InChI is InChI=1S/C23H21N3O2S/c1-15-19-12-21(29-23(19)26(25-15)13-16-7-3-2-4-8-16)22(27)24-18-11-17-9-5-6-10-20(17)28-14-18/h2-10,12,18H,11,13-14H2,1H3,(H,24,27). The fourth-order valence-corrected chi connectivity index (χ4v) is 4.83. The maximum Gasteiger partial charge on any atom is 0.261 e. The molecule has 2 aromatic carbocycles. The molecule has 0 saturated carbocycles. The summed E-state index contributed by atoms with van der Waals surface area (Å²) >= 11 is 1.49. The van der Waals surface area contributed by atoms with Gasteiger partial charge in [-0.25, -0.2) is 0 Å². The third kappa shape index (κ3) is 3.51. The number of amides is 1. The summed E-state index contributed by atoms with van der Waals surface area (Å²) in [5.74, 6) is 0.862. The van der Waals surface area contributed by atoms with Crippen molar-refractivity contribution in [3.05, 3.63) is 82.4 Å². The minimum absolute atomic E-state index is 0.0236. The van der Waals surface area contributed by atoms with Gasteiger partial charge < -0.3 is 10.1 Å². The molecule has 1 atom stereocenters. The molecular weight excluding hydrogens is 382 g/mol. The molecule has 4 aromatic rings. The van der Waals surface area contributed by atoms with E-state index in [1.165, 1.54) is 16.9 Å². The summed E-state index contributed by atoms with van der Waals surface area (Å²) in [6.07, 6.45) is 0.785. The van der Waals surface area contributed by atoms with Gasteiger partial charge in [0, 0.05) is 5.39 Å². The molecule has 5 nitrogen and oxygen atoms in total. The molecule has 0 bridgehead atoms. The second-order valence-electron chi connectivity index (χ2n) is 7.35. The maximum atomic E-state index is 12.9. The molecule has 0 fully saturated rings. The lowest BCUT2D eigenvalue weighted by atomic mass is 10.0. The van der Waals surface area contributed by atoms with Gasteiger partial charge in [-0.2, -0.15) is 5.10 Å². The average Bonchev–Trinajstić information content (AvgIpc) is 3.30. The van der Waals surface area contributed by atoms with Crippen LogP contribution >= 0.6 is 11.3 Å². The number of benzene rings is 2. The highest BCUT2D eigenvalue weighted by Crippen LogP contribution is 2.29. The molecular formula is C23H21N3O2S. The Labute approximate surface area is 172 Å². The van der Waals surface area contributed by atoms with Gasteiger partial charge in [0.05, 0.1) is 23.2 Å². The van der Waals surface area contributed by atoms with Crippen molar-refractivity contribution in [1.82, 2.24) is 15.1 Å². The van der Waals surface area contributed by atoms with Crippen molar-refractivity contribution in [1.29, 1.82) is 0 Å². The monoisotopic (exact) mass is 403 g/mol. The number of carbonyl (C=O) groups excluding carboxylic acids is 1. The van der Waals surface area contributed by atoms with Crippen molar-refractivity contribution >= 4 is 27.5 Å². The molecule has 1 aliphatic rings. The first-order valence-corrected chi connectivity index (χ1v) is 10.5. The Morgan fingerprint density at radius 3 is 2.86 bits per heavy atom. The number of nitrogens with one attached hydrogen (secondary N) is 1. The van der Waals surface area contributed by atoms with Crippen LogP contribution in [0.2, 0.25) is 0 Å². The molecule has 0 spiro atoms. The van der Waals surface area contributed by atoms with Gasteiger partial charge >= 0.3 is 0 Å². The number of hydrogen-bond donors (Lipinski definition) is 1. The van der Waals surface area contributed by atoms with Crippen LogP contribution in [-0.4, -0.2) is 28.3 Å². The van der Waals surface area contributed by atoms with Crippen LogP contribution in [0, 0.1) is 6.92 Å². The summed E-state index contributed by atoms with van der Waals surface area (Å²) in [5.41, 5.74) is 3.27. The van der Waals surface area contributed by atoms with Gasteiger partial charge in [-0.1, -0.05) is 48.5 Å². The third-order valence-corrected chi connectivity index (χ3v) is 6.37. The highest BCUT2D eigenvalue weighted by molar-refractivity contribution is 7.20. The molecule has 1 N–H and O–H groups in total. The predicted octanol–water partition coefficient (Wildman–Crippen LogP) is 4.19. The van der Waals surface area contributed by atoms with Gasteiger partial charge in [0.2, 0.25) is 0 Å². The third-order valence-electron chi connectivity index (χ3n) is 5.22. The number of rotatable bonds is 4. The van der Waals surface area contributed by atoms with Crippen molar-refractivity contribution in [2.45, 2.75) is 25.9 Å². The lowest BCUT2D eigenvalue weighted by Gasteiger charge is -2.25. The van der Waals surface area contributed by atoms with E-state index >= 15 is 0 Å². The van der Waals surface area contributed by atoms with E-state index in [0.29, 0.717) is 18.0 Å². The Morgan fingerprint density at radius 2 is 2.00 bits per heavy atom. The Bertz CT molecular complexity index is 1180. The zero-order valence-electron chi connectivity index (χ0n) is 16.1. The first-order chi connectivity index (χ1) is 14.2. The molecule has 3 heterocycles. The van der Waals surface area contributed by atoms with Crippen molar-refractivity contribution in [3.8, 4) is 5.75 Å². The van der Waals surface area contributed by atoms with Crippen molar-refractivity contribution in [2.75, 3.05) is 6.61 Å². The smallest absolute Gasteiger partial charge is 0.261 e. The molecule has 1 unspecified atom stereocenters. The Kier molecular flexibility index (Phi) is 4.56. The Hall–Kier alpha value is -3.12. The van der Waals surface area contributed by atoms with Gasteiger partial charge in [-0.15, -0.1) is 11.3 Å². The van der Waals surface area contributed by atoms with Gasteiger partial charge in [0.15, 0.2) is 0 Å². The SMILES string of the molecule is Cc1nn(Cc2ccccc2)c2sc(C(=O)NC3COc4ccccc4C3)cc12. The Morgan fingerprint density at radius 1 is 1.21 bits per heavy atom. The van der Waals surface area contributed by atoms with Crippen LogP contribution in [0.3, 0.4) is 0 Å². The number of fused-ring (bicyclic) bond motifs is 2. The molecule has 146 valence electrons. The van der Waals surface area contributed by atoms with E-state index in [0.717, 1.165) is 33.6 Å². The normalized spacial score (nSPS) is 15.7. The molecule has 1 amide bonds. The van der Waals surface area contributed by atoms with Gasteiger partial charge in [0.1, 0.15) is 17.2 Å². The minimum atomic E-state index is -0.0511. The number of thiophene rings is 1. The van der Waals surface area contributed by atoms with Crippen LogP contribution in [0.4, 0.5) is 0 Å². The number of nitrogens with zero attached hydrogens (tertiary/aromatic N) is 2. The highest BCUT2D eigenvalue weighted by atomic mass is 32.1. The fraction of sp³-hybridized carbons (Fsp3) is 0.217. The van der Waals surface area contributed by atoms with Crippen LogP contribution in [0.1, 0.15) is 26.5 Å². The maximum absolute atomic E-state index is 12.9. The van der Waals surface area contributed by atoms with Crippen LogP contribution < -0.4 is 10.1 Å². The van der Waals surface area contributed by atoms with Crippen LogP contribution in [-0.2, 0) is 13.0 Å². The van der Waals surface area contributed by atoms with E-state index < -0.39 is 0 Å². The van der Waals surface area contributed by atoms with Crippen LogP contribution in [0.15, 0.2) is 60.7 Å². The van der Waals surface area contributed by atoms with E-state index in [4.69, 9.17) is 4.74 Å². The average molecular weight is 404 g/mol. The number of carbonyl (C=O) groups is 1. The number of aryl methyl sites for hydroxylation is 1. The van der Waals surface area contributed by atoms with Gasteiger partial charge in [0.25, 0.3) is 5.91 Å². The second-order valence-corrected chi connectivity index (χ2v) is 8.38. The van der Waals surface area contributed by atoms with E-state index in [9.17, 15) is 4.79 Å². The topological polar surface area (TPSA) is 56.2 Å². The quantitative estimate of drug-likeness (QED) is 0.556. The van der Waals surface area contributed by atoms with Crippen LogP contribution in [0.5, 0.6) is 5.75 Å². The molecule has 1 aliphatic heterocycles. The van der Waals surface area contributed by atoms with E-state index in [1.54, 1.807) is 0 Å². The zero-order chi connectivity index (χ0) is 19.8. The number of aromatic nitrogens is 2.